The minimum atomic E-state index is -1.86. The predicted molar refractivity (Wildman–Crippen MR) is 132 cm³/mol. The summed E-state index contributed by atoms with van der Waals surface area (Å²) in [6, 6.07) is 10.3. The van der Waals surface area contributed by atoms with Gasteiger partial charge in [0, 0.05) is 17.7 Å². The second-order valence-electron chi connectivity index (χ2n) is 10.3. The Balaban J connectivity index is 2.12. The van der Waals surface area contributed by atoms with Gasteiger partial charge in [0.25, 0.3) is 5.95 Å². The lowest BCUT2D eigenvalue weighted by Crippen LogP contribution is -2.46. The van der Waals surface area contributed by atoms with E-state index in [2.05, 4.69) is 51.4 Å². The summed E-state index contributed by atoms with van der Waals surface area (Å²) in [5.74, 6) is 0.248. The largest absolute Gasteiger partial charge is 0.520 e. The Hall–Kier alpha value is -1.07. The van der Waals surface area contributed by atoms with Crippen LogP contribution in [0.25, 0.3) is 0 Å². The van der Waals surface area contributed by atoms with Crippen molar-refractivity contribution in [2.24, 2.45) is 0 Å². The van der Waals surface area contributed by atoms with Gasteiger partial charge in [-0.2, -0.15) is 0 Å². The van der Waals surface area contributed by atoms with Gasteiger partial charge in [0.2, 0.25) is 8.32 Å². The summed E-state index contributed by atoms with van der Waals surface area (Å²) in [7, 11) is -2.19. The number of allylic oxidation sites excluding steroid dienone is 1. The van der Waals surface area contributed by atoms with E-state index in [4.69, 9.17) is 18.3 Å². The molecular weight excluding hydrogens is 444 g/mol. The molecule has 0 N–H and O–H groups in total. The van der Waals surface area contributed by atoms with Crippen LogP contribution in [0.2, 0.25) is 39.3 Å². The van der Waals surface area contributed by atoms with Crippen LogP contribution in [0.5, 0.6) is 0 Å². The van der Waals surface area contributed by atoms with E-state index >= 15 is 0 Å². The van der Waals surface area contributed by atoms with E-state index in [0.717, 1.165) is 12.8 Å². The monoisotopic (exact) mass is 482 g/mol. The second kappa shape index (κ2) is 10.2. The van der Waals surface area contributed by atoms with E-state index in [0.29, 0.717) is 5.75 Å². The Morgan fingerprint density at radius 3 is 2.29 bits per heavy atom. The predicted octanol–water partition coefficient (Wildman–Crippen LogP) is 6.19. The van der Waals surface area contributed by atoms with E-state index in [-0.39, 0.29) is 18.1 Å². The average molecular weight is 483 g/mol. The van der Waals surface area contributed by atoms with Gasteiger partial charge < -0.3 is 18.3 Å². The average Bonchev–Trinajstić information content (AvgIpc) is 2.93. The molecule has 1 saturated heterocycles. The van der Waals surface area contributed by atoms with Crippen LogP contribution in [0.15, 0.2) is 47.2 Å². The molecular formula is C23H38O5SSi2. The number of methoxy groups -OCH3 is 1. The Kier molecular flexibility index (Phi) is 8.66. The zero-order chi connectivity index (χ0) is 23.3. The molecule has 2 unspecified atom stereocenters. The van der Waals surface area contributed by atoms with Crippen molar-refractivity contribution in [3.63, 3.8) is 0 Å². The van der Waals surface area contributed by atoms with Gasteiger partial charge in [-0.3, -0.25) is 4.79 Å². The van der Waals surface area contributed by atoms with E-state index in [9.17, 15) is 4.79 Å². The first-order valence-electron chi connectivity index (χ1n) is 10.8. The fraction of sp³-hybridized carbons (Fsp3) is 0.609. The van der Waals surface area contributed by atoms with Gasteiger partial charge in [-0.1, -0.05) is 18.2 Å². The van der Waals surface area contributed by atoms with Gasteiger partial charge in [-0.15, -0.1) is 11.8 Å². The van der Waals surface area contributed by atoms with Crippen molar-refractivity contribution in [2.45, 2.75) is 81.8 Å². The molecule has 174 valence electrons. The van der Waals surface area contributed by atoms with Crippen LogP contribution in [0.3, 0.4) is 0 Å². The summed E-state index contributed by atoms with van der Waals surface area (Å²) in [5, 5.41) is 0. The number of ether oxygens (including phenoxy) is 2. The summed E-state index contributed by atoms with van der Waals surface area (Å²) in [6.45, 7) is 14.7. The minimum absolute atomic E-state index is 0.0582. The molecule has 0 aliphatic carbocycles. The summed E-state index contributed by atoms with van der Waals surface area (Å²) < 4.78 is 24.3. The summed E-state index contributed by atoms with van der Waals surface area (Å²) in [5.41, 5.74) is -0.581. The van der Waals surface area contributed by atoms with Crippen LogP contribution in [0, 0.1) is 0 Å². The fourth-order valence-electron chi connectivity index (χ4n) is 3.58. The molecule has 0 amide bonds. The molecule has 0 spiro atoms. The van der Waals surface area contributed by atoms with E-state index < -0.39 is 28.0 Å². The molecule has 5 nitrogen and oxygen atoms in total. The van der Waals surface area contributed by atoms with Crippen molar-refractivity contribution in [2.75, 3.05) is 12.9 Å². The third kappa shape index (κ3) is 9.14. The molecule has 1 aromatic rings. The lowest BCUT2D eigenvalue weighted by Gasteiger charge is -2.37. The Labute approximate surface area is 194 Å². The fourth-order valence-corrected chi connectivity index (χ4v) is 6.77. The van der Waals surface area contributed by atoms with Crippen molar-refractivity contribution in [3.8, 4) is 0 Å². The number of benzene rings is 1. The molecule has 8 heteroatoms. The lowest BCUT2D eigenvalue weighted by molar-refractivity contribution is -0.192. The van der Waals surface area contributed by atoms with Crippen molar-refractivity contribution in [3.05, 3.63) is 42.4 Å². The van der Waals surface area contributed by atoms with E-state index in [1.54, 1.807) is 11.8 Å². The Morgan fingerprint density at radius 1 is 1.10 bits per heavy atom. The van der Waals surface area contributed by atoms with Crippen molar-refractivity contribution < 1.29 is 23.1 Å². The molecule has 1 aromatic carbocycles. The molecule has 31 heavy (non-hydrogen) atoms. The van der Waals surface area contributed by atoms with Crippen LogP contribution in [-0.2, 0) is 23.1 Å². The van der Waals surface area contributed by atoms with Gasteiger partial charge >= 0.3 is 0 Å². The molecule has 0 bridgehead atoms. The molecule has 0 radical (unpaired) electrons. The molecule has 2 atom stereocenters. The quantitative estimate of drug-likeness (QED) is 0.162. The first-order chi connectivity index (χ1) is 14.2. The summed E-state index contributed by atoms with van der Waals surface area (Å²) >= 11 is 1.74. The van der Waals surface area contributed by atoms with Gasteiger partial charge in [-0.05, 0) is 64.8 Å². The third-order valence-electron chi connectivity index (χ3n) is 4.60. The van der Waals surface area contributed by atoms with E-state index in [1.165, 1.54) is 18.1 Å². The molecule has 0 saturated carbocycles. The molecule has 0 aromatic heterocycles. The highest BCUT2D eigenvalue weighted by molar-refractivity contribution is 7.99. The van der Waals surface area contributed by atoms with E-state index in [1.807, 2.05) is 25.1 Å². The van der Waals surface area contributed by atoms with Crippen molar-refractivity contribution in [1.82, 2.24) is 0 Å². The summed E-state index contributed by atoms with van der Waals surface area (Å²) in [6.07, 6.45) is 3.27. The number of rotatable bonds is 11. The zero-order valence-corrected chi connectivity index (χ0v) is 23.1. The number of thioether (sulfide) groups is 1. The van der Waals surface area contributed by atoms with Crippen LogP contribution in [0.4, 0.5) is 0 Å². The minimum Gasteiger partial charge on any atom is -0.520 e. The number of hydrogen-bond acceptors (Lipinski definition) is 6. The standard InChI is InChI=1S/C23H38O5SSi2/c1-22(17-19(24)16-21(25-2)26-30(3,4)5)14-15-23(27-22,28-31(6,7)8)18-29-20-12-10-9-11-13-20/h9-13,16H,14-15,17-18H2,1-8H3/b21-16-. The highest BCUT2D eigenvalue weighted by atomic mass is 32.2. The maximum Gasteiger partial charge on any atom is 0.268 e. The topological polar surface area (TPSA) is 54.0 Å². The lowest BCUT2D eigenvalue weighted by atomic mass is 9.95. The number of carbonyl (C=O) groups is 1. The zero-order valence-electron chi connectivity index (χ0n) is 20.2. The first kappa shape index (κ1) is 26.2. The molecule has 2 rings (SSSR count). The third-order valence-corrected chi connectivity index (χ3v) is 7.58. The molecule has 1 fully saturated rings. The van der Waals surface area contributed by atoms with Gasteiger partial charge in [0.05, 0.1) is 24.5 Å². The number of carbonyl (C=O) groups excluding carboxylic acids is 1. The Morgan fingerprint density at radius 2 is 1.74 bits per heavy atom. The van der Waals surface area contributed by atoms with Crippen LogP contribution in [-0.4, -0.2) is 46.7 Å². The summed E-state index contributed by atoms with van der Waals surface area (Å²) in [4.78, 5) is 14.0. The maximum atomic E-state index is 12.8. The molecule has 1 aliphatic heterocycles. The van der Waals surface area contributed by atoms with Crippen LogP contribution in [0.1, 0.15) is 26.2 Å². The van der Waals surface area contributed by atoms with Gasteiger partial charge in [-0.25, -0.2) is 0 Å². The first-order valence-corrected chi connectivity index (χ1v) is 18.6. The smallest absolute Gasteiger partial charge is 0.268 e. The number of ketones is 1. The SMILES string of the molecule is CO/C(=C/C(=O)CC1(C)CCC(CSc2ccccc2)(O[Si](C)(C)C)O1)O[Si](C)(C)C. The van der Waals surface area contributed by atoms with Crippen molar-refractivity contribution >= 4 is 34.2 Å². The Bertz CT molecular complexity index is 772. The molecule has 1 aliphatic rings. The van der Waals surface area contributed by atoms with Crippen LogP contribution >= 0.6 is 11.8 Å². The second-order valence-corrected chi connectivity index (χ2v) is 20.2. The van der Waals surface area contributed by atoms with Gasteiger partial charge in [0.15, 0.2) is 19.9 Å². The highest BCUT2D eigenvalue weighted by Crippen LogP contribution is 2.45. The maximum absolute atomic E-state index is 12.8. The molecule has 1 heterocycles. The number of hydrogen-bond donors (Lipinski definition) is 0. The van der Waals surface area contributed by atoms with Crippen molar-refractivity contribution in [1.29, 1.82) is 0 Å². The normalized spacial score (nSPS) is 24.8. The van der Waals surface area contributed by atoms with Gasteiger partial charge in [0.1, 0.15) is 0 Å². The highest BCUT2D eigenvalue weighted by Gasteiger charge is 2.50. The van der Waals surface area contributed by atoms with Crippen LogP contribution < -0.4 is 0 Å².